The van der Waals surface area contributed by atoms with Crippen LogP contribution < -0.4 is 4.74 Å². The second-order valence-electron chi connectivity index (χ2n) is 8.46. The van der Waals surface area contributed by atoms with E-state index in [-0.39, 0.29) is 17.4 Å². The first-order valence-electron chi connectivity index (χ1n) is 10.8. The number of phenolic OH excluding ortho intramolecular Hbond substituents is 2. The molecule has 1 unspecified atom stereocenters. The fraction of sp³-hybridized carbons (Fsp3) is 0.192. The van der Waals surface area contributed by atoms with E-state index >= 15 is 0 Å². The van der Waals surface area contributed by atoms with Gasteiger partial charge in [0, 0.05) is 30.1 Å². The number of aryl methyl sites for hydroxylation is 2. The molecule has 3 N–H and O–H groups in total. The molecule has 0 spiro atoms. The number of carbonyl (C=O) groups excluding carboxylic acids is 1. The van der Waals surface area contributed by atoms with Gasteiger partial charge < -0.3 is 19.8 Å². The molecule has 3 heterocycles. The molecule has 4 aromatic rings. The molecule has 8 heteroatoms. The van der Waals surface area contributed by atoms with Gasteiger partial charge in [-0.1, -0.05) is 18.2 Å². The van der Waals surface area contributed by atoms with Crippen molar-refractivity contribution in [2.75, 3.05) is 7.11 Å². The fourth-order valence-electron chi connectivity index (χ4n) is 4.70. The van der Waals surface area contributed by atoms with Gasteiger partial charge in [-0.2, -0.15) is 5.10 Å². The SMILES string of the molecule is COc1cc(C2c3c(-c4c(C)cc(C)cc4O)n[nH]c3C(=O)N2Cc2cccnc2)ccc1O. The van der Waals surface area contributed by atoms with E-state index in [1.54, 1.807) is 41.6 Å². The first-order chi connectivity index (χ1) is 16.4. The highest BCUT2D eigenvalue weighted by atomic mass is 16.5. The number of benzene rings is 2. The number of nitrogens with zero attached hydrogens (tertiary/aromatic N) is 3. The lowest BCUT2D eigenvalue weighted by Crippen LogP contribution is -2.29. The van der Waals surface area contributed by atoms with Crippen LogP contribution in [0.25, 0.3) is 11.3 Å². The quantitative estimate of drug-likeness (QED) is 0.414. The molecule has 8 nitrogen and oxygen atoms in total. The molecule has 0 aliphatic carbocycles. The number of fused-ring (bicyclic) bond motifs is 1. The summed E-state index contributed by atoms with van der Waals surface area (Å²) in [5.41, 5.74) is 5.54. The predicted molar refractivity (Wildman–Crippen MR) is 126 cm³/mol. The molecule has 2 aromatic heterocycles. The molecule has 172 valence electrons. The number of nitrogens with one attached hydrogen (secondary N) is 1. The van der Waals surface area contributed by atoms with Crippen molar-refractivity contribution >= 4 is 5.91 Å². The fourth-order valence-corrected chi connectivity index (χ4v) is 4.70. The van der Waals surface area contributed by atoms with Gasteiger partial charge in [0.2, 0.25) is 0 Å². The highest BCUT2D eigenvalue weighted by Crippen LogP contribution is 2.47. The van der Waals surface area contributed by atoms with Crippen molar-refractivity contribution in [3.05, 3.63) is 88.4 Å². The number of carbonyl (C=O) groups is 1. The van der Waals surface area contributed by atoms with Crippen molar-refractivity contribution in [1.29, 1.82) is 0 Å². The number of ether oxygens (including phenoxy) is 1. The smallest absolute Gasteiger partial charge is 0.273 e. The van der Waals surface area contributed by atoms with Crippen molar-refractivity contribution in [3.63, 3.8) is 0 Å². The van der Waals surface area contributed by atoms with Gasteiger partial charge in [0.25, 0.3) is 5.91 Å². The molecule has 0 bridgehead atoms. The van der Waals surface area contributed by atoms with Crippen molar-refractivity contribution < 1.29 is 19.7 Å². The van der Waals surface area contributed by atoms with E-state index < -0.39 is 6.04 Å². The number of methoxy groups -OCH3 is 1. The maximum Gasteiger partial charge on any atom is 0.273 e. The third-order valence-corrected chi connectivity index (χ3v) is 6.15. The summed E-state index contributed by atoms with van der Waals surface area (Å²) in [6.07, 6.45) is 3.41. The molecular formula is C26H24N4O4. The molecule has 1 amide bonds. The van der Waals surface area contributed by atoms with Crippen LogP contribution in [0.3, 0.4) is 0 Å². The highest BCUT2D eigenvalue weighted by Gasteiger charge is 2.43. The Balaban J connectivity index is 1.71. The van der Waals surface area contributed by atoms with Gasteiger partial charge in [-0.3, -0.25) is 14.9 Å². The third kappa shape index (κ3) is 3.44. The van der Waals surface area contributed by atoms with Crippen LogP contribution in [0, 0.1) is 13.8 Å². The maximum absolute atomic E-state index is 13.6. The first kappa shape index (κ1) is 21.5. The van der Waals surface area contributed by atoms with E-state index in [4.69, 9.17) is 4.74 Å². The summed E-state index contributed by atoms with van der Waals surface area (Å²) in [6, 6.07) is 11.9. The monoisotopic (exact) mass is 456 g/mol. The Morgan fingerprint density at radius 1 is 1.12 bits per heavy atom. The second-order valence-corrected chi connectivity index (χ2v) is 8.46. The van der Waals surface area contributed by atoms with Crippen LogP contribution >= 0.6 is 0 Å². The molecule has 5 rings (SSSR count). The standard InChI is InChI=1S/C26H24N4O4/c1-14-9-15(2)21(19(32)10-14)23-22-24(29-28-23)26(33)30(13-16-5-4-8-27-12-16)25(22)17-6-7-18(31)20(11-17)34-3/h4-12,25,31-32H,13H2,1-3H3,(H,28,29). The van der Waals surface area contributed by atoms with E-state index in [2.05, 4.69) is 15.2 Å². The van der Waals surface area contributed by atoms with Crippen molar-refractivity contribution in [2.24, 2.45) is 0 Å². The summed E-state index contributed by atoms with van der Waals surface area (Å²) in [4.78, 5) is 19.5. The lowest BCUT2D eigenvalue weighted by atomic mass is 9.93. The molecule has 2 aromatic carbocycles. The molecule has 0 radical (unpaired) electrons. The summed E-state index contributed by atoms with van der Waals surface area (Å²) >= 11 is 0. The Bertz CT molecular complexity index is 1370. The number of pyridine rings is 1. The summed E-state index contributed by atoms with van der Waals surface area (Å²) in [5, 5.41) is 28.3. The normalized spacial score (nSPS) is 15.0. The van der Waals surface area contributed by atoms with Crippen LogP contribution in [0.2, 0.25) is 0 Å². The number of aromatic hydroxyl groups is 2. The molecule has 1 aliphatic heterocycles. The predicted octanol–water partition coefficient (Wildman–Crippen LogP) is 4.25. The lowest BCUT2D eigenvalue weighted by molar-refractivity contribution is 0.0729. The number of rotatable bonds is 5. The van der Waals surface area contributed by atoms with Crippen LogP contribution in [0.1, 0.15) is 44.3 Å². The van der Waals surface area contributed by atoms with Crippen LogP contribution in [0.5, 0.6) is 17.2 Å². The van der Waals surface area contributed by atoms with E-state index in [0.29, 0.717) is 34.8 Å². The van der Waals surface area contributed by atoms with Crippen LogP contribution in [0.4, 0.5) is 0 Å². The number of H-pyrrole nitrogens is 1. The minimum atomic E-state index is -0.522. The second kappa shape index (κ2) is 8.22. The number of aromatic nitrogens is 3. The third-order valence-electron chi connectivity index (χ3n) is 6.15. The Hall–Kier alpha value is -4.33. The largest absolute Gasteiger partial charge is 0.507 e. The number of aromatic amines is 1. The average molecular weight is 457 g/mol. The minimum Gasteiger partial charge on any atom is -0.507 e. The van der Waals surface area contributed by atoms with Gasteiger partial charge in [-0.25, -0.2) is 0 Å². The van der Waals surface area contributed by atoms with Gasteiger partial charge in [0.1, 0.15) is 17.1 Å². The number of amides is 1. The van der Waals surface area contributed by atoms with Gasteiger partial charge >= 0.3 is 0 Å². The Kier molecular flexibility index (Phi) is 5.20. The van der Waals surface area contributed by atoms with E-state index in [1.165, 1.54) is 7.11 Å². The highest BCUT2D eigenvalue weighted by molar-refractivity contribution is 6.00. The van der Waals surface area contributed by atoms with Crippen molar-refractivity contribution in [1.82, 2.24) is 20.1 Å². The summed E-state index contributed by atoms with van der Waals surface area (Å²) in [7, 11) is 1.48. The summed E-state index contributed by atoms with van der Waals surface area (Å²) < 4.78 is 5.33. The van der Waals surface area contributed by atoms with E-state index in [0.717, 1.165) is 22.3 Å². The van der Waals surface area contributed by atoms with E-state index in [1.807, 2.05) is 32.0 Å². The van der Waals surface area contributed by atoms with Crippen LogP contribution in [-0.4, -0.2) is 43.3 Å². The van der Waals surface area contributed by atoms with Gasteiger partial charge in [-0.05, 0) is 60.4 Å². The summed E-state index contributed by atoms with van der Waals surface area (Å²) in [5.74, 6) is 0.207. The van der Waals surface area contributed by atoms with E-state index in [9.17, 15) is 15.0 Å². The zero-order chi connectivity index (χ0) is 24.0. The molecule has 34 heavy (non-hydrogen) atoms. The average Bonchev–Trinajstić information content (AvgIpc) is 3.34. The molecule has 0 fully saturated rings. The molecule has 0 saturated carbocycles. The van der Waals surface area contributed by atoms with Crippen molar-refractivity contribution in [2.45, 2.75) is 26.4 Å². The van der Waals surface area contributed by atoms with Crippen LogP contribution in [0.15, 0.2) is 54.9 Å². The van der Waals surface area contributed by atoms with Gasteiger partial charge in [0.15, 0.2) is 11.5 Å². The maximum atomic E-state index is 13.6. The zero-order valence-electron chi connectivity index (χ0n) is 19.0. The van der Waals surface area contributed by atoms with Crippen LogP contribution in [-0.2, 0) is 6.54 Å². The Labute approximate surface area is 196 Å². The van der Waals surface area contributed by atoms with Gasteiger partial charge in [0.05, 0.1) is 13.2 Å². The number of hydrogen-bond acceptors (Lipinski definition) is 6. The lowest BCUT2D eigenvalue weighted by Gasteiger charge is -2.27. The molecular weight excluding hydrogens is 432 g/mol. The number of phenols is 2. The molecule has 1 aliphatic rings. The minimum absolute atomic E-state index is 0.00838. The van der Waals surface area contributed by atoms with Crippen molar-refractivity contribution in [3.8, 4) is 28.5 Å². The topological polar surface area (TPSA) is 112 Å². The molecule has 0 saturated heterocycles. The number of hydrogen-bond donors (Lipinski definition) is 3. The molecule has 1 atom stereocenters. The first-order valence-corrected chi connectivity index (χ1v) is 10.8. The Morgan fingerprint density at radius 2 is 1.94 bits per heavy atom. The Morgan fingerprint density at radius 3 is 2.65 bits per heavy atom. The zero-order valence-corrected chi connectivity index (χ0v) is 19.0. The van der Waals surface area contributed by atoms with Gasteiger partial charge in [-0.15, -0.1) is 0 Å². The summed E-state index contributed by atoms with van der Waals surface area (Å²) in [6.45, 7) is 4.14.